The van der Waals surface area contributed by atoms with E-state index in [1.54, 1.807) is 0 Å². The van der Waals surface area contributed by atoms with Gasteiger partial charge in [0.25, 0.3) is 0 Å². The molecule has 2 rings (SSSR count). The van der Waals surface area contributed by atoms with Crippen molar-refractivity contribution in [3.63, 3.8) is 0 Å². The summed E-state index contributed by atoms with van der Waals surface area (Å²) in [6.45, 7) is 11.9. The van der Waals surface area contributed by atoms with Gasteiger partial charge >= 0.3 is 0 Å². The molecule has 1 atom stereocenters. The Labute approximate surface area is 144 Å². The lowest BCUT2D eigenvalue weighted by Crippen LogP contribution is -2.25. The molecule has 0 amide bonds. The van der Waals surface area contributed by atoms with E-state index in [0.29, 0.717) is 11.1 Å². The van der Waals surface area contributed by atoms with Crippen LogP contribution in [0, 0.1) is 6.92 Å². The maximum absolute atomic E-state index is 6.07. The number of nitrogens with one attached hydrogen (secondary N) is 1. The molecule has 126 valence electrons. The van der Waals surface area contributed by atoms with Gasteiger partial charge in [0.1, 0.15) is 11.6 Å². The van der Waals surface area contributed by atoms with Crippen LogP contribution < -0.4 is 5.32 Å². The van der Waals surface area contributed by atoms with Crippen molar-refractivity contribution in [1.82, 2.24) is 14.9 Å². The first-order valence-corrected chi connectivity index (χ1v) is 8.84. The fourth-order valence-electron chi connectivity index (χ4n) is 2.80. The molecule has 1 aromatic heterocycles. The van der Waals surface area contributed by atoms with Gasteiger partial charge in [0.2, 0.25) is 0 Å². The molecule has 1 aromatic carbocycles. The van der Waals surface area contributed by atoms with Crippen molar-refractivity contribution in [3.8, 4) is 0 Å². The highest BCUT2D eigenvalue weighted by Gasteiger charge is 2.10. The summed E-state index contributed by atoms with van der Waals surface area (Å²) in [5.74, 6) is 1.66. The molecule has 4 nitrogen and oxygen atoms in total. The van der Waals surface area contributed by atoms with E-state index in [-0.39, 0.29) is 0 Å². The van der Waals surface area contributed by atoms with E-state index in [0.717, 1.165) is 48.6 Å². The predicted molar refractivity (Wildman–Crippen MR) is 99.4 cm³/mol. The average molecular weight is 335 g/mol. The summed E-state index contributed by atoms with van der Waals surface area (Å²) in [4.78, 5) is 11.5. The van der Waals surface area contributed by atoms with E-state index in [9.17, 15) is 0 Å². The Morgan fingerprint density at radius 1 is 1.22 bits per heavy atom. The second-order valence-electron chi connectivity index (χ2n) is 6.00. The third kappa shape index (κ3) is 5.05. The minimum atomic E-state index is 0.374. The highest BCUT2D eigenvalue weighted by molar-refractivity contribution is 6.31. The summed E-state index contributed by atoms with van der Waals surface area (Å²) in [6, 6.07) is 6.14. The first kappa shape index (κ1) is 18.0. The van der Waals surface area contributed by atoms with Crippen LogP contribution in [-0.4, -0.2) is 40.5 Å². The maximum atomic E-state index is 6.07. The number of aromatic nitrogens is 2. The molecule has 2 aromatic rings. The Bertz CT molecular complexity index is 635. The smallest absolute Gasteiger partial charge is 0.137 e. The van der Waals surface area contributed by atoms with Crippen molar-refractivity contribution >= 4 is 28.3 Å². The Balaban J connectivity index is 2.03. The maximum Gasteiger partial charge on any atom is 0.137 e. The normalized spacial score (nSPS) is 12.8. The van der Waals surface area contributed by atoms with Gasteiger partial charge in [-0.05, 0) is 64.5 Å². The minimum Gasteiger partial charge on any atom is -0.367 e. The van der Waals surface area contributed by atoms with Gasteiger partial charge < -0.3 is 10.2 Å². The Morgan fingerprint density at radius 2 is 1.96 bits per heavy atom. The van der Waals surface area contributed by atoms with Gasteiger partial charge in [0.05, 0.1) is 5.52 Å². The predicted octanol–water partition coefficient (Wildman–Crippen LogP) is 4.51. The molecular weight excluding hydrogens is 308 g/mol. The Morgan fingerprint density at radius 3 is 2.65 bits per heavy atom. The molecule has 0 aliphatic rings. The van der Waals surface area contributed by atoms with Gasteiger partial charge in [-0.15, -0.1) is 0 Å². The van der Waals surface area contributed by atoms with Gasteiger partial charge in [-0.1, -0.05) is 25.4 Å². The third-order valence-electron chi connectivity index (χ3n) is 4.16. The first-order chi connectivity index (χ1) is 11.0. The number of benzene rings is 1. The highest BCUT2D eigenvalue weighted by atomic mass is 35.5. The van der Waals surface area contributed by atoms with E-state index >= 15 is 0 Å². The summed E-state index contributed by atoms with van der Waals surface area (Å²) in [6.07, 6.45) is 2.30. The lowest BCUT2D eigenvalue weighted by Gasteiger charge is -2.20. The van der Waals surface area contributed by atoms with Gasteiger partial charge in [0.15, 0.2) is 0 Å². The van der Waals surface area contributed by atoms with Crippen LogP contribution in [0.4, 0.5) is 5.82 Å². The van der Waals surface area contributed by atoms with E-state index in [4.69, 9.17) is 11.6 Å². The second-order valence-corrected chi connectivity index (χ2v) is 6.43. The van der Waals surface area contributed by atoms with Gasteiger partial charge in [-0.25, -0.2) is 9.97 Å². The molecule has 23 heavy (non-hydrogen) atoms. The zero-order chi connectivity index (χ0) is 16.8. The number of anilines is 1. The number of fused-ring (bicyclic) bond motifs is 1. The van der Waals surface area contributed by atoms with Crippen LogP contribution in [0.15, 0.2) is 18.2 Å². The van der Waals surface area contributed by atoms with Crippen LogP contribution in [0.3, 0.4) is 0 Å². The van der Waals surface area contributed by atoms with Gasteiger partial charge in [-0.3, -0.25) is 0 Å². The summed E-state index contributed by atoms with van der Waals surface area (Å²) < 4.78 is 0. The first-order valence-electron chi connectivity index (χ1n) is 8.46. The molecule has 0 radical (unpaired) electrons. The standard InChI is InChI=1S/C18H27ClN4/c1-5-23(6-2)11-7-8-13(3)20-18-16-10-9-15(19)12-17(16)21-14(4)22-18/h9-10,12-13H,5-8,11H2,1-4H3,(H,20,21,22)/t13-/m1/s1. The number of hydrogen-bond donors (Lipinski definition) is 1. The molecule has 0 bridgehead atoms. The largest absolute Gasteiger partial charge is 0.367 e. The summed E-state index contributed by atoms with van der Waals surface area (Å²) >= 11 is 6.07. The lowest BCUT2D eigenvalue weighted by molar-refractivity contribution is 0.295. The molecule has 0 aliphatic heterocycles. The summed E-state index contributed by atoms with van der Waals surface area (Å²) in [5, 5.41) is 5.27. The fourth-order valence-corrected chi connectivity index (χ4v) is 2.96. The molecule has 0 unspecified atom stereocenters. The van der Waals surface area contributed by atoms with Crippen LogP contribution in [0.25, 0.3) is 10.9 Å². The third-order valence-corrected chi connectivity index (χ3v) is 4.39. The molecule has 1 heterocycles. The Kier molecular flexibility index (Phi) is 6.60. The Hall–Kier alpha value is -1.39. The number of aryl methyl sites for hydroxylation is 1. The fraction of sp³-hybridized carbons (Fsp3) is 0.556. The zero-order valence-electron chi connectivity index (χ0n) is 14.6. The van der Waals surface area contributed by atoms with E-state index in [1.165, 1.54) is 6.42 Å². The molecule has 0 fully saturated rings. The number of rotatable bonds is 8. The molecule has 5 heteroatoms. The molecule has 1 N–H and O–H groups in total. The second kappa shape index (κ2) is 8.46. The van der Waals surface area contributed by atoms with Crippen molar-refractivity contribution in [3.05, 3.63) is 29.0 Å². The van der Waals surface area contributed by atoms with Crippen LogP contribution in [0.1, 0.15) is 39.4 Å². The number of hydrogen-bond acceptors (Lipinski definition) is 4. The quantitative estimate of drug-likeness (QED) is 0.771. The molecule has 0 aliphatic carbocycles. The molecular formula is C18H27ClN4. The van der Waals surface area contributed by atoms with Gasteiger partial charge in [-0.2, -0.15) is 0 Å². The topological polar surface area (TPSA) is 41.0 Å². The monoisotopic (exact) mass is 334 g/mol. The van der Waals surface area contributed by atoms with Crippen molar-refractivity contribution in [2.45, 2.75) is 46.6 Å². The average Bonchev–Trinajstić information content (AvgIpc) is 2.51. The summed E-state index contributed by atoms with van der Waals surface area (Å²) in [5.41, 5.74) is 0.892. The lowest BCUT2D eigenvalue weighted by atomic mass is 10.1. The van der Waals surface area contributed by atoms with Crippen molar-refractivity contribution in [1.29, 1.82) is 0 Å². The molecule has 0 saturated carbocycles. The minimum absolute atomic E-state index is 0.374. The van der Waals surface area contributed by atoms with Crippen LogP contribution in [0.5, 0.6) is 0 Å². The van der Waals surface area contributed by atoms with Crippen LogP contribution in [-0.2, 0) is 0 Å². The number of halogens is 1. The van der Waals surface area contributed by atoms with Gasteiger partial charge in [0, 0.05) is 16.5 Å². The summed E-state index contributed by atoms with van der Waals surface area (Å²) in [7, 11) is 0. The number of nitrogens with zero attached hydrogens (tertiary/aromatic N) is 3. The zero-order valence-corrected chi connectivity index (χ0v) is 15.3. The highest BCUT2D eigenvalue weighted by Crippen LogP contribution is 2.24. The van der Waals surface area contributed by atoms with Crippen molar-refractivity contribution in [2.75, 3.05) is 25.0 Å². The van der Waals surface area contributed by atoms with E-state index in [1.807, 2.05) is 25.1 Å². The van der Waals surface area contributed by atoms with Crippen molar-refractivity contribution in [2.24, 2.45) is 0 Å². The van der Waals surface area contributed by atoms with E-state index in [2.05, 4.69) is 41.0 Å². The van der Waals surface area contributed by atoms with Crippen molar-refractivity contribution < 1.29 is 0 Å². The van der Waals surface area contributed by atoms with Crippen LogP contribution in [0.2, 0.25) is 5.02 Å². The SMILES string of the molecule is CCN(CC)CCC[C@@H](C)Nc1nc(C)nc2cc(Cl)ccc12. The molecule has 0 saturated heterocycles. The molecule has 0 spiro atoms. The van der Waals surface area contributed by atoms with E-state index < -0.39 is 0 Å². The van der Waals surface area contributed by atoms with Crippen LogP contribution >= 0.6 is 11.6 Å².